The zero-order valence-electron chi connectivity index (χ0n) is 8.03. The molecular formula is C9H19NO2. The molecule has 0 aromatic carbocycles. The van der Waals surface area contributed by atoms with E-state index < -0.39 is 6.10 Å². The molecule has 0 spiro atoms. The first-order chi connectivity index (χ1) is 5.52. The highest BCUT2D eigenvalue weighted by Gasteiger charge is 2.33. The van der Waals surface area contributed by atoms with Crippen molar-refractivity contribution in [2.24, 2.45) is 11.7 Å². The molecule has 1 fully saturated rings. The third-order valence-corrected chi connectivity index (χ3v) is 2.59. The summed E-state index contributed by atoms with van der Waals surface area (Å²) in [7, 11) is 0. The number of ether oxygens (including phenoxy) is 1. The van der Waals surface area contributed by atoms with Crippen LogP contribution >= 0.6 is 0 Å². The van der Waals surface area contributed by atoms with E-state index in [1.165, 1.54) is 0 Å². The Balaban J connectivity index is 2.53. The van der Waals surface area contributed by atoms with Gasteiger partial charge in [0.1, 0.15) is 0 Å². The van der Waals surface area contributed by atoms with Crippen LogP contribution in [0.3, 0.4) is 0 Å². The lowest BCUT2D eigenvalue weighted by atomic mass is 9.92. The SMILES string of the molecule is CC(C)[C@@H]1C[C@@H](O)[C@H](N)C(C)O1. The van der Waals surface area contributed by atoms with Gasteiger partial charge in [0.2, 0.25) is 0 Å². The van der Waals surface area contributed by atoms with E-state index in [9.17, 15) is 5.11 Å². The van der Waals surface area contributed by atoms with E-state index in [1.807, 2.05) is 6.92 Å². The van der Waals surface area contributed by atoms with Crippen molar-refractivity contribution in [3.05, 3.63) is 0 Å². The molecule has 0 bridgehead atoms. The lowest BCUT2D eigenvalue weighted by molar-refractivity contribution is -0.116. The molecule has 0 saturated carbocycles. The molecule has 3 nitrogen and oxygen atoms in total. The molecule has 1 heterocycles. The van der Waals surface area contributed by atoms with E-state index in [2.05, 4.69) is 13.8 Å². The third kappa shape index (κ3) is 1.97. The molecule has 1 rings (SSSR count). The predicted molar refractivity (Wildman–Crippen MR) is 47.8 cm³/mol. The molecule has 1 saturated heterocycles. The Labute approximate surface area is 73.9 Å². The van der Waals surface area contributed by atoms with Crippen molar-refractivity contribution in [1.29, 1.82) is 0 Å². The van der Waals surface area contributed by atoms with Gasteiger partial charge >= 0.3 is 0 Å². The highest BCUT2D eigenvalue weighted by Crippen LogP contribution is 2.23. The number of aliphatic hydroxyl groups is 1. The molecule has 1 unspecified atom stereocenters. The third-order valence-electron chi connectivity index (χ3n) is 2.59. The number of nitrogens with two attached hydrogens (primary N) is 1. The first-order valence-electron chi connectivity index (χ1n) is 4.61. The van der Waals surface area contributed by atoms with Crippen LogP contribution < -0.4 is 5.73 Å². The summed E-state index contributed by atoms with van der Waals surface area (Å²) in [4.78, 5) is 0. The molecule has 12 heavy (non-hydrogen) atoms. The minimum Gasteiger partial charge on any atom is -0.391 e. The van der Waals surface area contributed by atoms with Gasteiger partial charge in [0.05, 0.1) is 24.4 Å². The maximum atomic E-state index is 9.56. The zero-order valence-corrected chi connectivity index (χ0v) is 8.03. The topological polar surface area (TPSA) is 55.5 Å². The van der Waals surface area contributed by atoms with Crippen molar-refractivity contribution >= 4 is 0 Å². The molecule has 1 aliphatic rings. The van der Waals surface area contributed by atoms with Gasteiger partial charge in [-0.25, -0.2) is 0 Å². The van der Waals surface area contributed by atoms with Crippen molar-refractivity contribution < 1.29 is 9.84 Å². The lowest BCUT2D eigenvalue weighted by Gasteiger charge is -2.38. The van der Waals surface area contributed by atoms with Crippen molar-refractivity contribution in [3.63, 3.8) is 0 Å². The standard InChI is InChI=1S/C9H19NO2/c1-5(2)8-4-7(11)9(10)6(3)12-8/h5-9,11H,4,10H2,1-3H3/t6?,7-,8+,9-/m1/s1. The Kier molecular flexibility index (Phi) is 3.09. The Morgan fingerprint density at radius 2 is 2.08 bits per heavy atom. The van der Waals surface area contributed by atoms with E-state index in [-0.39, 0.29) is 18.2 Å². The second kappa shape index (κ2) is 3.73. The fraction of sp³-hybridized carbons (Fsp3) is 1.00. The molecule has 0 amide bonds. The largest absolute Gasteiger partial charge is 0.391 e. The minimum absolute atomic E-state index is 0.0267. The van der Waals surface area contributed by atoms with Gasteiger partial charge in [-0.15, -0.1) is 0 Å². The fourth-order valence-electron chi connectivity index (χ4n) is 1.56. The van der Waals surface area contributed by atoms with Crippen molar-refractivity contribution in [2.45, 2.75) is 51.5 Å². The molecule has 3 heteroatoms. The average molecular weight is 173 g/mol. The van der Waals surface area contributed by atoms with Crippen LogP contribution in [0.15, 0.2) is 0 Å². The summed E-state index contributed by atoms with van der Waals surface area (Å²) in [6.45, 7) is 6.12. The van der Waals surface area contributed by atoms with Crippen LogP contribution in [0.25, 0.3) is 0 Å². The van der Waals surface area contributed by atoms with Crippen LogP contribution in [-0.4, -0.2) is 29.5 Å². The van der Waals surface area contributed by atoms with Crippen LogP contribution in [0.5, 0.6) is 0 Å². The summed E-state index contributed by atoms with van der Waals surface area (Å²) < 4.78 is 5.65. The Hall–Kier alpha value is -0.120. The van der Waals surface area contributed by atoms with E-state index in [0.717, 1.165) is 0 Å². The molecular weight excluding hydrogens is 154 g/mol. The van der Waals surface area contributed by atoms with Crippen molar-refractivity contribution in [1.82, 2.24) is 0 Å². The smallest absolute Gasteiger partial charge is 0.0741 e. The van der Waals surface area contributed by atoms with Crippen LogP contribution in [0.4, 0.5) is 0 Å². The van der Waals surface area contributed by atoms with Gasteiger partial charge in [0.25, 0.3) is 0 Å². The first-order valence-corrected chi connectivity index (χ1v) is 4.61. The minimum atomic E-state index is -0.402. The first kappa shape index (κ1) is 9.96. The van der Waals surface area contributed by atoms with Crippen molar-refractivity contribution in [2.75, 3.05) is 0 Å². The van der Waals surface area contributed by atoms with Gasteiger partial charge in [0.15, 0.2) is 0 Å². The highest BCUT2D eigenvalue weighted by molar-refractivity contribution is 4.86. The zero-order chi connectivity index (χ0) is 9.30. The van der Waals surface area contributed by atoms with Gasteiger partial charge in [-0.3, -0.25) is 0 Å². The Morgan fingerprint density at radius 1 is 1.50 bits per heavy atom. The van der Waals surface area contributed by atoms with Crippen LogP contribution in [0, 0.1) is 5.92 Å². The monoisotopic (exact) mass is 173 g/mol. The Bertz CT molecular complexity index is 137. The maximum absolute atomic E-state index is 9.56. The summed E-state index contributed by atoms with van der Waals surface area (Å²) >= 11 is 0. The van der Waals surface area contributed by atoms with E-state index in [0.29, 0.717) is 12.3 Å². The summed E-state index contributed by atoms with van der Waals surface area (Å²) in [6.07, 6.45) is 0.403. The maximum Gasteiger partial charge on any atom is 0.0741 e. The van der Waals surface area contributed by atoms with Gasteiger partial charge in [-0.1, -0.05) is 13.8 Å². The fourth-order valence-corrected chi connectivity index (χ4v) is 1.56. The summed E-state index contributed by atoms with van der Waals surface area (Å²) in [6, 6.07) is -0.222. The molecule has 3 N–H and O–H groups in total. The molecule has 0 aromatic heterocycles. The van der Waals surface area contributed by atoms with Gasteiger partial charge in [-0.05, 0) is 12.8 Å². The lowest BCUT2D eigenvalue weighted by Crippen LogP contribution is -2.52. The molecule has 0 aromatic rings. The van der Waals surface area contributed by atoms with E-state index in [4.69, 9.17) is 10.5 Å². The molecule has 0 radical (unpaired) electrons. The average Bonchev–Trinajstić information content (AvgIpc) is 1.99. The second-order valence-electron chi connectivity index (χ2n) is 4.00. The summed E-state index contributed by atoms with van der Waals surface area (Å²) in [5.74, 6) is 0.453. The number of aliphatic hydroxyl groups excluding tert-OH is 1. The molecule has 0 aliphatic carbocycles. The highest BCUT2D eigenvalue weighted by atomic mass is 16.5. The molecule has 72 valence electrons. The van der Waals surface area contributed by atoms with Gasteiger partial charge < -0.3 is 15.6 Å². The predicted octanol–water partition coefficient (Wildman–Crippen LogP) is 0.508. The Morgan fingerprint density at radius 3 is 2.50 bits per heavy atom. The van der Waals surface area contributed by atoms with Crippen LogP contribution in [0.1, 0.15) is 27.2 Å². The van der Waals surface area contributed by atoms with Crippen LogP contribution in [0.2, 0.25) is 0 Å². The van der Waals surface area contributed by atoms with Crippen LogP contribution in [-0.2, 0) is 4.74 Å². The van der Waals surface area contributed by atoms with E-state index in [1.54, 1.807) is 0 Å². The summed E-state index contributed by atoms with van der Waals surface area (Å²) in [5.41, 5.74) is 5.71. The number of rotatable bonds is 1. The number of hydrogen-bond donors (Lipinski definition) is 2. The van der Waals surface area contributed by atoms with Gasteiger partial charge in [-0.2, -0.15) is 0 Å². The quantitative estimate of drug-likeness (QED) is 0.607. The molecule has 4 atom stereocenters. The van der Waals surface area contributed by atoms with Crippen molar-refractivity contribution in [3.8, 4) is 0 Å². The number of hydrogen-bond acceptors (Lipinski definition) is 3. The molecule has 1 aliphatic heterocycles. The van der Waals surface area contributed by atoms with E-state index >= 15 is 0 Å². The normalized spacial score (nSPS) is 43.5. The summed E-state index contributed by atoms with van der Waals surface area (Å²) in [5, 5.41) is 9.56. The second-order valence-corrected chi connectivity index (χ2v) is 4.00. The van der Waals surface area contributed by atoms with Gasteiger partial charge in [0, 0.05) is 6.42 Å².